The number of nitrogens with two attached hydrogens (primary N) is 1. The Hall–Kier alpha value is -1.56. The number of anilines is 1. The summed E-state index contributed by atoms with van der Waals surface area (Å²) >= 11 is 1.06. The van der Waals surface area contributed by atoms with E-state index in [-0.39, 0.29) is 22.4 Å². The normalized spacial score (nSPS) is 11.4. The molecule has 2 heterocycles. The Bertz CT molecular complexity index is 607. The van der Waals surface area contributed by atoms with Crippen LogP contribution in [0.5, 0.6) is 0 Å². The highest BCUT2D eigenvalue weighted by atomic mass is 32.1. The third-order valence-electron chi connectivity index (χ3n) is 2.41. The number of carbonyl (C=O) groups is 1. The van der Waals surface area contributed by atoms with E-state index >= 15 is 0 Å². The highest BCUT2D eigenvalue weighted by Gasteiger charge is 2.21. The zero-order chi connectivity index (χ0) is 12.7. The summed E-state index contributed by atoms with van der Waals surface area (Å²) in [6, 6.07) is 1.31. The van der Waals surface area contributed by atoms with E-state index in [1.165, 1.54) is 13.0 Å². The van der Waals surface area contributed by atoms with Gasteiger partial charge in [0.15, 0.2) is 5.78 Å². The van der Waals surface area contributed by atoms with Gasteiger partial charge in [-0.2, -0.15) is 0 Å². The number of nitrogens with zero attached hydrogens (tertiary/aromatic N) is 1. The molecule has 0 aromatic carbocycles. The number of Topliss-reactive ketones (excluding diaryl/α,β-unsaturated/α-hetero) is 1. The molecule has 0 aliphatic rings. The summed E-state index contributed by atoms with van der Waals surface area (Å²) in [4.78, 5) is 16.1. The van der Waals surface area contributed by atoms with Gasteiger partial charge in [-0.05, 0) is 13.0 Å². The predicted octanol–water partition coefficient (Wildman–Crippen LogP) is 3.33. The Morgan fingerprint density at radius 2 is 2.18 bits per heavy atom. The lowest BCUT2D eigenvalue weighted by molar-refractivity contribution is 0.102. The van der Waals surface area contributed by atoms with Crippen molar-refractivity contribution in [2.45, 2.75) is 20.3 Å². The molecule has 2 aromatic heterocycles. The van der Waals surface area contributed by atoms with E-state index in [9.17, 15) is 13.6 Å². The summed E-state index contributed by atoms with van der Waals surface area (Å²) in [5, 5.41) is 0.209. The molecular formula is C11H10F2N2OS. The third kappa shape index (κ3) is 1.88. The van der Waals surface area contributed by atoms with E-state index < -0.39 is 6.43 Å². The second-order valence-corrected chi connectivity index (χ2v) is 4.73. The first-order valence-electron chi connectivity index (χ1n) is 4.90. The molecule has 2 aromatic rings. The van der Waals surface area contributed by atoms with E-state index in [2.05, 4.69) is 4.98 Å². The summed E-state index contributed by atoms with van der Waals surface area (Å²) in [5.41, 5.74) is 6.19. The van der Waals surface area contributed by atoms with Crippen molar-refractivity contribution in [1.29, 1.82) is 0 Å². The van der Waals surface area contributed by atoms with Gasteiger partial charge in [-0.25, -0.2) is 13.8 Å². The Balaban J connectivity index is 2.87. The number of halogens is 2. The molecule has 0 bridgehead atoms. The maximum absolute atomic E-state index is 12.9. The Morgan fingerprint density at radius 1 is 1.53 bits per heavy atom. The SMILES string of the molecule is CC(=O)c1sc2nc(C)cc(C(F)F)c2c1N. The molecule has 90 valence electrons. The van der Waals surface area contributed by atoms with Crippen LogP contribution in [0.4, 0.5) is 14.5 Å². The molecule has 0 saturated carbocycles. The van der Waals surface area contributed by atoms with Crippen LogP contribution in [0.1, 0.15) is 34.3 Å². The van der Waals surface area contributed by atoms with Crippen molar-refractivity contribution in [2.24, 2.45) is 0 Å². The van der Waals surface area contributed by atoms with E-state index in [0.29, 0.717) is 15.4 Å². The van der Waals surface area contributed by atoms with E-state index in [0.717, 1.165) is 11.3 Å². The summed E-state index contributed by atoms with van der Waals surface area (Å²) in [6.07, 6.45) is -2.63. The van der Waals surface area contributed by atoms with Crippen molar-refractivity contribution in [3.63, 3.8) is 0 Å². The molecule has 0 aliphatic heterocycles. The van der Waals surface area contributed by atoms with Crippen LogP contribution < -0.4 is 5.73 Å². The predicted molar refractivity (Wildman–Crippen MR) is 63.7 cm³/mol. The fourth-order valence-corrected chi connectivity index (χ4v) is 2.78. The van der Waals surface area contributed by atoms with Gasteiger partial charge in [0, 0.05) is 23.6 Å². The van der Waals surface area contributed by atoms with E-state index in [4.69, 9.17) is 5.73 Å². The summed E-state index contributed by atoms with van der Waals surface area (Å²) in [5.74, 6) is -0.233. The van der Waals surface area contributed by atoms with Crippen LogP contribution in [0.3, 0.4) is 0 Å². The van der Waals surface area contributed by atoms with Crippen molar-refractivity contribution >= 4 is 33.0 Å². The van der Waals surface area contributed by atoms with Crippen molar-refractivity contribution in [1.82, 2.24) is 4.98 Å². The molecular weight excluding hydrogens is 246 g/mol. The summed E-state index contributed by atoms with van der Waals surface area (Å²) in [6.45, 7) is 2.99. The van der Waals surface area contributed by atoms with Gasteiger partial charge >= 0.3 is 0 Å². The van der Waals surface area contributed by atoms with Gasteiger partial charge in [-0.3, -0.25) is 4.79 Å². The minimum Gasteiger partial charge on any atom is -0.397 e. The minimum absolute atomic E-state index is 0.111. The van der Waals surface area contributed by atoms with Crippen LogP contribution in [0.15, 0.2) is 6.07 Å². The van der Waals surface area contributed by atoms with Crippen LogP contribution in [-0.2, 0) is 0 Å². The zero-order valence-electron chi connectivity index (χ0n) is 9.25. The number of pyridine rings is 1. The largest absolute Gasteiger partial charge is 0.397 e. The average Bonchev–Trinajstić information content (AvgIpc) is 2.54. The number of fused-ring (bicyclic) bond motifs is 1. The van der Waals surface area contributed by atoms with Crippen LogP contribution in [0, 0.1) is 6.92 Å². The first-order chi connectivity index (χ1) is 7.91. The lowest BCUT2D eigenvalue weighted by atomic mass is 10.1. The molecule has 0 radical (unpaired) electrons. The lowest BCUT2D eigenvalue weighted by Crippen LogP contribution is -1.96. The van der Waals surface area contributed by atoms with Crippen LogP contribution in [0.2, 0.25) is 0 Å². The highest BCUT2D eigenvalue weighted by Crippen LogP contribution is 2.38. The lowest BCUT2D eigenvalue weighted by Gasteiger charge is -2.04. The van der Waals surface area contributed by atoms with Gasteiger partial charge in [0.05, 0.1) is 10.6 Å². The zero-order valence-corrected chi connectivity index (χ0v) is 10.1. The van der Waals surface area contributed by atoms with E-state index in [1.807, 2.05) is 0 Å². The maximum atomic E-state index is 12.9. The average molecular weight is 256 g/mol. The fourth-order valence-electron chi connectivity index (χ4n) is 1.71. The molecule has 6 heteroatoms. The van der Waals surface area contributed by atoms with Crippen molar-refractivity contribution in [3.05, 3.63) is 22.2 Å². The maximum Gasteiger partial charge on any atom is 0.264 e. The molecule has 0 spiro atoms. The number of aryl methyl sites for hydroxylation is 1. The highest BCUT2D eigenvalue weighted by molar-refractivity contribution is 7.21. The third-order valence-corrected chi connectivity index (χ3v) is 3.61. The summed E-state index contributed by atoms with van der Waals surface area (Å²) < 4.78 is 25.8. The van der Waals surface area contributed by atoms with Gasteiger partial charge in [0.2, 0.25) is 0 Å². The smallest absolute Gasteiger partial charge is 0.264 e. The standard InChI is InChI=1S/C11H10F2N2OS/c1-4-3-6(10(12)13)7-8(14)9(5(2)16)17-11(7)15-4/h3,10H,14H2,1-2H3. The second-order valence-electron chi connectivity index (χ2n) is 3.73. The van der Waals surface area contributed by atoms with Gasteiger partial charge in [0.25, 0.3) is 6.43 Å². The monoisotopic (exact) mass is 256 g/mol. The van der Waals surface area contributed by atoms with Crippen molar-refractivity contribution in [3.8, 4) is 0 Å². The fraction of sp³-hybridized carbons (Fsp3) is 0.273. The van der Waals surface area contributed by atoms with Crippen molar-refractivity contribution < 1.29 is 13.6 Å². The molecule has 2 N–H and O–H groups in total. The molecule has 0 unspecified atom stereocenters. The number of hydrogen-bond donors (Lipinski definition) is 1. The topological polar surface area (TPSA) is 56.0 Å². The second kappa shape index (κ2) is 4.03. The number of alkyl halides is 2. The van der Waals surface area contributed by atoms with Gasteiger partial charge in [-0.1, -0.05) is 0 Å². The number of hydrogen-bond acceptors (Lipinski definition) is 4. The van der Waals surface area contributed by atoms with Gasteiger partial charge in [0.1, 0.15) is 4.83 Å². The van der Waals surface area contributed by atoms with Crippen molar-refractivity contribution in [2.75, 3.05) is 5.73 Å². The van der Waals surface area contributed by atoms with Crippen LogP contribution in [-0.4, -0.2) is 10.8 Å². The number of aromatic nitrogens is 1. The Kier molecular flexibility index (Phi) is 2.82. The Labute approximate surface area is 100 Å². The summed E-state index contributed by atoms with van der Waals surface area (Å²) in [7, 11) is 0. The first kappa shape index (κ1) is 11.9. The minimum atomic E-state index is -2.63. The molecule has 2 rings (SSSR count). The Morgan fingerprint density at radius 3 is 2.71 bits per heavy atom. The molecule has 0 atom stereocenters. The van der Waals surface area contributed by atoms with Crippen LogP contribution >= 0.6 is 11.3 Å². The number of rotatable bonds is 2. The van der Waals surface area contributed by atoms with Gasteiger partial charge < -0.3 is 5.73 Å². The number of ketones is 1. The number of thiophene rings is 1. The van der Waals surface area contributed by atoms with E-state index in [1.54, 1.807) is 6.92 Å². The molecule has 0 aliphatic carbocycles. The molecule has 0 saturated heterocycles. The first-order valence-corrected chi connectivity index (χ1v) is 5.72. The number of nitrogen functional groups attached to an aromatic ring is 1. The quantitative estimate of drug-likeness (QED) is 0.838. The van der Waals surface area contributed by atoms with Crippen LogP contribution in [0.25, 0.3) is 10.2 Å². The molecule has 0 fully saturated rings. The number of carbonyl (C=O) groups excluding carboxylic acids is 1. The molecule has 17 heavy (non-hydrogen) atoms. The van der Waals surface area contributed by atoms with Gasteiger partial charge in [-0.15, -0.1) is 11.3 Å². The molecule has 0 amide bonds. The molecule has 3 nitrogen and oxygen atoms in total.